The Morgan fingerprint density at radius 2 is 1.65 bits per heavy atom. The van der Waals surface area contributed by atoms with Crippen molar-refractivity contribution in [2.75, 3.05) is 26.9 Å². The number of carbonyl (C=O) groups excluding carboxylic acids is 2. The molecule has 0 unspecified atom stereocenters. The third-order valence-corrected chi connectivity index (χ3v) is 14.3. The lowest BCUT2D eigenvalue weighted by molar-refractivity contribution is -0.297. The minimum Gasteiger partial charge on any atom is -0.469 e. The second-order valence-corrected chi connectivity index (χ2v) is 16.2. The number of ketones is 1. The van der Waals surface area contributed by atoms with Crippen LogP contribution in [0, 0.1) is 50.2 Å². The number of esters is 1. The number of carbonyl (C=O) groups is 2. The van der Waals surface area contributed by atoms with Gasteiger partial charge in [0, 0.05) is 24.4 Å². The van der Waals surface area contributed by atoms with Crippen molar-refractivity contribution in [2.24, 2.45) is 50.2 Å². The van der Waals surface area contributed by atoms with Crippen LogP contribution in [0.1, 0.15) is 106 Å². The second kappa shape index (κ2) is 8.89. The standard InChI is InChI=1S/C34H52O6/c1-28(2)10-13-33(27(37)38-7)14-12-32(6)26(22(33)21-28)23(36)20-25-29(3)11-15-34(39-18-19-40-34)31(5,16-17-35)24(29)8-9-30(25,32)4/h20,22,24,26,35H,8-19,21H2,1-7H3/t22-,24+,26-,29-,30+,31-,32+,33-/m0/s1. The maximum Gasteiger partial charge on any atom is 0.312 e. The molecule has 6 nitrogen and oxygen atoms in total. The van der Waals surface area contributed by atoms with Gasteiger partial charge in [-0.25, -0.2) is 0 Å². The molecule has 1 saturated heterocycles. The van der Waals surface area contributed by atoms with E-state index in [-0.39, 0.29) is 63.2 Å². The van der Waals surface area contributed by atoms with Crippen LogP contribution < -0.4 is 0 Å². The zero-order chi connectivity index (χ0) is 29.0. The molecule has 0 aromatic heterocycles. The molecule has 224 valence electrons. The van der Waals surface area contributed by atoms with Gasteiger partial charge in [-0.1, -0.05) is 47.1 Å². The van der Waals surface area contributed by atoms with Gasteiger partial charge in [0.15, 0.2) is 11.6 Å². The van der Waals surface area contributed by atoms with Crippen LogP contribution in [0.5, 0.6) is 0 Å². The van der Waals surface area contributed by atoms with E-state index in [9.17, 15) is 14.7 Å². The molecule has 1 spiro atoms. The molecule has 5 aliphatic carbocycles. The highest BCUT2D eigenvalue weighted by molar-refractivity contribution is 5.96. The van der Waals surface area contributed by atoms with E-state index in [0.717, 1.165) is 57.8 Å². The Labute approximate surface area is 241 Å². The molecule has 0 aromatic carbocycles. The molecule has 40 heavy (non-hydrogen) atoms. The summed E-state index contributed by atoms with van der Waals surface area (Å²) >= 11 is 0. The van der Waals surface area contributed by atoms with Gasteiger partial charge in [0.25, 0.3) is 0 Å². The number of fused-ring (bicyclic) bond motifs is 7. The fourth-order valence-electron chi connectivity index (χ4n) is 11.8. The Hall–Kier alpha value is -1.24. The van der Waals surface area contributed by atoms with Gasteiger partial charge in [0.1, 0.15) is 0 Å². The molecular formula is C34H52O6. The smallest absolute Gasteiger partial charge is 0.312 e. The van der Waals surface area contributed by atoms with Crippen LogP contribution in [0.2, 0.25) is 0 Å². The van der Waals surface area contributed by atoms with E-state index in [1.54, 1.807) is 0 Å². The lowest BCUT2D eigenvalue weighted by Crippen LogP contribution is -2.68. The number of ether oxygens (including phenoxy) is 3. The highest BCUT2D eigenvalue weighted by atomic mass is 16.7. The molecule has 1 heterocycles. The normalized spacial score (nSPS) is 48.9. The topological polar surface area (TPSA) is 82.1 Å². The van der Waals surface area contributed by atoms with Crippen molar-refractivity contribution in [3.8, 4) is 0 Å². The van der Waals surface area contributed by atoms with Crippen LogP contribution in [-0.4, -0.2) is 49.6 Å². The molecule has 8 atom stereocenters. The summed E-state index contributed by atoms with van der Waals surface area (Å²) in [6.07, 6.45) is 10.8. The molecule has 1 N–H and O–H groups in total. The Bertz CT molecular complexity index is 1120. The Kier molecular flexibility index (Phi) is 6.41. The van der Waals surface area contributed by atoms with Crippen LogP contribution >= 0.6 is 0 Å². The third-order valence-electron chi connectivity index (χ3n) is 14.3. The quantitative estimate of drug-likeness (QED) is 0.414. The lowest BCUT2D eigenvalue weighted by atomic mass is 9.33. The van der Waals surface area contributed by atoms with Gasteiger partial charge in [0.05, 0.1) is 25.7 Å². The largest absolute Gasteiger partial charge is 0.469 e. The van der Waals surface area contributed by atoms with E-state index in [0.29, 0.717) is 19.6 Å². The minimum atomic E-state index is -0.655. The van der Waals surface area contributed by atoms with Gasteiger partial charge in [-0.05, 0) is 97.4 Å². The molecule has 5 fully saturated rings. The average molecular weight is 557 g/mol. The highest BCUT2D eigenvalue weighted by Crippen LogP contribution is 2.76. The molecule has 6 rings (SSSR count). The average Bonchev–Trinajstić information content (AvgIpc) is 3.38. The van der Waals surface area contributed by atoms with E-state index < -0.39 is 11.2 Å². The molecule has 0 bridgehead atoms. The molecular weight excluding hydrogens is 504 g/mol. The van der Waals surface area contributed by atoms with Crippen molar-refractivity contribution < 1.29 is 28.9 Å². The molecule has 1 aliphatic heterocycles. The molecule has 4 saturated carbocycles. The van der Waals surface area contributed by atoms with Crippen LogP contribution in [-0.2, 0) is 23.8 Å². The first-order valence-electron chi connectivity index (χ1n) is 15.9. The zero-order valence-electron chi connectivity index (χ0n) is 26.0. The predicted octanol–water partition coefficient (Wildman–Crippen LogP) is 6.25. The lowest BCUT2D eigenvalue weighted by Gasteiger charge is -2.71. The zero-order valence-corrected chi connectivity index (χ0v) is 26.0. The Morgan fingerprint density at radius 1 is 0.975 bits per heavy atom. The van der Waals surface area contributed by atoms with Gasteiger partial charge in [-0.3, -0.25) is 9.59 Å². The summed E-state index contributed by atoms with van der Waals surface area (Å²) in [5, 5.41) is 10.2. The third kappa shape index (κ3) is 3.39. The van der Waals surface area contributed by atoms with E-state index in [1.807, 2.05) is 0 Å². The highest BCUT2D eigenvalue weighted by Gasteiger charge is 2.73. The number of aliphatic hydroxyl groups excluding tert-OH is 1. The summed E-state index contributed by atoms with van der Waals surface area (Å²) < 4.78 is 18.2. The molecule has 6 heteroatoms. The SMILES string of the molecule is COC(=O)[C@]12CCC(C)(C)C[C@H]1[C@H]1C(=O)C=C3[C@@]4(C)CCC5(OCCO5)[C@@](C)(CCO)[C@@H]4CC[C@@]3(C)[C@]1(C)CC2. The van der Waals surface area contributed by atoms with E-state index in [2.05, 4.69) is 47.6 Å². The Balaban J connectivity index is 1.46. The summed E-state index contributed by atoms with van der Waals surface area (Å²) in [5.74, 6) is -0.452. The van der Waals surface area contributed by atoms with E-state index >= 15 is 0 Å². The number of hydrogen-bond donors (Lipinski definition) is 1. The van der Waals surface area contributed by atoms with Crippen molar-refractivity contribution in [1.82, 2.24) is 0 Å². The van der Waals surface area contributed by atoms with Crippen molar-refractivity contribution in [2.45, 2.75) is 112 Å². The first-order valence-corrected chi connectivity index (χ1v) is 15.9. The molecule has 6 aliphatic rings. The number of allylic oxidation sites excluding steroid dienone is 2. The monoisotopic (exact) mass is 556 g/mol. The number of methoxy groups -OCH3 is 1. The summed E-state index contributed by atoms with van der Waals surface area (Å²) in [5.41, 5.74) is -0.0134. The first kappa shape index (κ1) is 28.9. The molecule has 0 radical (unpaired) electrons. The number of rotatable bonds is 3. The maximum absolute atomic E-state index is 14.6. The summed E-state index contributed by atoms with van der Waals surface area (Å²) in [4.78, 5) is 28.1. The van der Waals surface area contributed by atoms with Crippen LogP contribution in [0.25, 0.3) is 0 Å². The van der Waals surface area contributed by atoms with Crippen molar-refractivity contribution in [3.63, 3.8) is 0 Å². The van der Waals surface area contributed by atoms with E-state index in [1.165, 1.54) is 12.7 Å². The van der Waals surface area contributed by atoms with Crippen LogP contribution in [0.3, 0.4) is 0 Å². The van der Waals surface area contributed by atoms with E-state index in [4.69, 9.17) is 14.2 Å². The van der Waals surface area contributed by atoms with Gasteiger partial charge in [-0.15, -0.1) is 0 Å². The fourth-order valence-corrected chi connectivity index (χ4v) is 11.8. The van der Waals surface area contributed by atoms with Gasteiger partial charge >= 0.3 is 5.97 Å². The number of aliphatic hydroxyl groups is 1. The van der Waals surface area contributed by atoms with Crippen molar-refractivity contribution in [3.05, 3.63) is 11.6 Å². The maximum atomic E-state index is 14.6. The summed E-state index contributed by atoms with van der Waals surface area (Å²) in [6.45, 7) is 15.4. The predicted molar refractivity (Wildman–Crippen MR) is 152 cm³/mol. The van der Waals surface area contributed by atoms with Gasteiger partial charge in [0.2, 0.25) is 0 Å². The fraction of sp³-hybridized carbons (Fsp3) is 0.882. The van der Waals surface area contributed by atoms with Crippen LogP contribution in [0.4, 0.5) is 0 Å². The molecule has 0 amide bonds. The first-order chi connectivity index (χ1) is 18.7. The van der Waals surface area contributed by atoms with Gasteiger partial charge < -0.3 is 19.3 Å². The van der Waals surface area contributed by atoms with Crippen molar-refractivity contribution >= 4 is 11.8 Å². The second-order valence-electron chi connectivity index (χ2n) is 16.2. The molecule has 0 aromatic rings. The minimum absolute atomic E-state index is 0.00433. The van der Waals surface area contributed by atoms with Gasteiger partial charge in [-0.2, -0.15) is 0 Å². The van der Waals surface area contributed by atoms with Crippen LogP contribution in [0.15, 0.2) is 11.6 Å². The summed E-state index contributed by atoms with van der Waals surface area (Å²) in [7, 11) is 1.52. The summed E-state index contributed by atoms with van der Waals surface area (Å²) in [6, 6.07) is 0. The van der Waals surface area contributed by atoms with Crippen molar-refractivity contribution in [1.29, 1.82) is 0 Å². The number of hydrogen-bond acceptors (Lipinski definition) is 6. The Morgan fingerprint density at radius 3 is 2.30 bits per heavy atom.